The molecule has 8 nitrogen and oxygen atoms in total. The summed E-state index contributed by atoms with van der Waals surface area (Å²) in [6, 6.07) is 19.7. The van der Waals surface area contributed by atoms with E-state index < -0.39 is 0 Å². The molecule has 3 N–H and O–H groups in total. The maximum atomic E-state index is 12.6. The van der Waals surface area contributed by atoms with E-state index in [-0.39, 0.29) is 17.6 Å². The zero-order valence-electron chi connectivity index (χ0n) is 18.0. The van der Waals surface area contributed by atoms with Crippen molar-refractivity contribution in [2.45, 2.75) is 5.16 Å². The van der Waals surface area contributed by atoms with Crippen molar-refractivity contribution in [3.63, 3.8) is 0 Å². The van der Waals surface area contributed by atoms with Crippen molar-refractivity contribution in [3.05, 3.63) is 72.3 Å². The summed E-state index contributed by atoms with van der Waals surface area (Å²) in [7, 11) is 2.98. The molecule has 1 heterocycles. The first-order valence-corrected chi connectivity index (χ1v) is 11.1. The maximum absolute atomic E-state index is 12.6. The highest BCUT2D eigenvalue weighted by Crippen LogP contribution is 2.37. The third-order valence-corrected chi connectivity index (χ3v) is 5.66. The number of amides is 2. The second-order valence-corrected chi connectivity index (χ2v) is 7.93. The van der Waals surface area contributed by atoms with Gasteiger partial charge in [0.2, 0.25) is 5.91 Å². The van der Waals surface area contributed by atoms with Gasteiger partial charge in [0.15, 0.2) is 5.16 Å². The standard InChI is InChI=1S/C24H22N4O4S/c1-31-20-13-19(26-23(30)15-8-4-3-5-9-15)21(32-2)12-18(20)25-22(29)14-33-24-27-16-10-6-7-11-17(16)28-24/h3-13H,14H2,1-2H3,(H,25,29)(H,26,30)(H,27,28). The molecule has 1 aromatic heterocycles. The predicted molar refractivity (Wildman–Crippen MR) is 129 cm³/mol. The summed E-state index contributed by atoms with van der Waals surface area (Å²) in [5, 5.41) is 6.31. The van der Waals surface area contributed by atoms with Gasteiger partial charge in [0.1, 0.15) is 11.5 Å². The fourth-order valence-corrected chi connectivity index (χ4v) is 3.88. The van der Waals surface area contributed by atoms with E-state index in [2.05, 4.69) is 20.6 Å². The van der Waals surface area contributed by atoms with E-state index in [1.54, 1.807) is 36.4 Å². The van der Waals surface area contributed by atoms with Crippen LogP contribution in [-0.4, -0.2) is 41.8 Å². The van der Waals surface area contributed by atoms with Gasteiger partial charge in [0, 0.05) is 17.7 Å². The van der Waals surface area contributed by atoms with Gasteiger partial charge in [-0.2, -0.15) is 0 Å². The van der Waals surface area contributed by atoms with Gasteiger partial charge in [-0.15, -0.1) is 0 Å². The highest BCUT2D eigenvalue weighted by Gasteiger charge is 2.16. The van der Waals surface area contributed by atoms with E-state index in [4.69, 9.17) is 9.47 Å². The number of carbonyl (C=O) groups excluding carboxylic acids is 2. The van der Waals surface area contributed by atoms with Gasteiger partial charge >= 0.3 is 0 Å². The number of anilines is 2. The van der Waals surface area contributed by atoms with Gasteiger partial charge in [-0.05, 0) is 24.3 Å². The minimum absolute atomic E-state index is 0.151. The zero-order chi connectivity index (χ0) is 23.2. The Bertz CT molecular complexity index is 1260. The molecule has 0 atom stereocenters. The number of benzene rings is 3. The van der Waals surface area contributed by atoms with Crippen LogP contribution in [0.3, 0.4) is 0 Å². The minimum Gasteiger partial charge on any atom is -0.494 e. The largest absolute Gasteiger partial charge is 0.494 e. The number of aromatic nitrogens is 2. The van der Waals surface area contributed by atoms with Crippen LogP contribution in [0.1, 0.15) is 10.4 Å². The molecule has 0 bridgehead atoms. The van der Waals surface area contributed by atoms with E-state index >= 15 is 0 Å². The number of nitrogens with zero attached hydrogens (tertiary/aromatic N) is 1. The highest BCUT2D eigenvalue weighted by atomic mass is 32.2. The van der Waals surface area contributed by atoms with Crippen molar-refractivity contribution in [3.8, 4) is 11.5 Å². The van der Waals surface area contributed by atoms with Crippen LogP contribution < -0.4 is 20.1 Å². The summed E-state index contributed by atoms with van der Waals surface area (Å²) in [6.07, 6.45) is 0. The number of rotatable bonds is 8. The highest BCUT2D eigenvalue weighted by molar-refractivity contribution is 7.99. The first-order valence-electron chi connectivity index (χ1n) is 10.1. The lowest BCUT2D eigenvalue weighted by Gasteiger charge is -2.16. The number of imidazole rings is 1. The van der Waals surface area contributed by atoms with Crippen LogP contribution in [0.5, 0.6) is 11.5 Å². The lowest BCUT2D eigenvalue weighted by molar-refractivity contribution is -0.113. The van der Waals surface area contributed by atoms with Crippen LogP contribution in [0.2, 0.25) is 0 Å². The molecule has 0 unspecified atom stereocenters. The Morgan fingerprint density at radius 2 is 1.55 bits per heavy atom. The summed E-state index contributed by atoms with van der Waals surface area (Å²) in [6.45, 7) is 0. The van der Waals surface area contributed by atoms with Gasteiger partial charge in [0.05, 0.1) is 42.4 Å². The third-order valence-electron chi connectivity index (χ3n) is 4.79. The Kier molecular flexibility index (Phi) is 6.80. The van der Waals surface area contributed by atoms with Gasteiger partial charge in [-0.25, -0.2) is 4.98 Å². The van der Waals surface area contributed by atoms with E-state index in [1.807, 2.05) is 30.3 Å². The number of methoxy groups -OCH3 is 2. The number of hydrogen-bond acceptors (Lipinski definition) is 6. The van der Waals surface area contributed by atoms with Crippen LogP contribution in [-0.2, 0) is 4.79 Å². The van der Waals surface area contributed by atoms with Crippen molar-refractivity contribution >= 4 is 46.0 Å². The number of H-pyrrole nitrogens is 1. The van der Waals surface area contributed by atoms with E-state index in [1.165, 1.54) is 26.0 Å². The molecular formula is C24H22N4O4S. The molecule has 2 amide bonds. The first kappa shape index (κ1) is 22.2. The monoisotopic (exact) mass is 462 g/mol. The normalized spacial score (nSPS) is 10.6. The average molecular weight is 463 g/mol. The smallest absolute Gasteiger partial charge is 0.255 e. The van der Waals surface area contributed by atoms with Crippen LogP contribution in [0.25, 0.3) is 11.0 Å². The second-order valence-electron chi connectivity index (χ2n) is 6.97. The minimum atomic E-state index is -0.282. The molecule has 0 aliphatic rings. The topological polar surface area (TPSA) is 105 Å². The summed E-state index contributed by atoms with van der Waals surface area (Å²) in [4.78, 5) is 32.8. The predicted octanol–water partition coefficient (Wildman–Crippen LogP) is 4.56. The third kappa shape index (κ3) is 5.27. The van der Waals surface area contributed by atoms with Gasteiger partial charge in [-0.1, -0.05) is 42.1 Å². The molecule has 168 valence electrons. The molecule has 0 fully saturated rings. The molecule has 0 spiro atoms. The lowest BCUT2D eigenvalue weighted by Crippen LogP contribution is -2.16. The van der Waals surface area contributed by atoms with Crippen LogP contribution >= 0.6 is 11.8 Å². The molecule has 3 aromatic carbocycles. The molecule has 33 heavy (non-hydrogen) atoms. The lowest BCUT2D eigenvalue weighted by atomic mass is 10.2. The van der Waals surface area contributed by atoms with Gasteiger partial charge < -0.3 is 25.1 Å². The Labute approximate surface area is 194 Å². The molecule has 0 saturated heterocycles. The van der Waals surface area contributed by atoms with Crippen molar-refractivity contribution in [2.75, 3.05) is 30.6 Å². The van der Waals surface area contributed by atoms with Gasteiger partial charge in [0.25, 0.3) is 5.91 Å². The SMILES string of the molecule is COc1cc(NC(=O)c2ccccc2)c(OC)cc1NC(=O)CSc1nc2ccccc2[nH]1. The molecular weight excluding hydrogens is 440 g/mol. The second kappa shape index (κ2) is 10.1. The first-order chi connectivity index (χ1) is 16.1. The van der Waals surface area contributed by atoms with Crippen LogP contribution in [0, 0.1) is 0 Å². The van der Waals surface area contributed by atoms with Gasteiger partial charge in [-0.3, -0.25) is 9.59 Å². The van der Waals surface area contributed by atoms with Crippen molar-refractivity contribution in [2.24, 2.45) is 0 Å². The number of nitrogens with one attached hydrogen (secondary N) is 3. The van der Waals surface area contributed by atoms with E-state index in [0.717, 1.165) is 11.0 Å². The number of carbonyl (C=O) groups is 2. The molecule has 4 aromatic rings. The summed E-state index contributed by atoms with van der Waals surface area (Å²) < 4.78 is 10.9. The number of ether oxygens (including phenoxy) is 2. The summed E-state index contributed by atoms with van der Waals surface area (Å²) >= 11 is 1.30. The molecule has 0 aliphatic carbocycles. The zero-order valence-corrected chi connectivity index (χ0v) is 18.9. The van der Waals surface area contributed by atoms with Crippen LogP contribution in [0.4, 0.5) is 11.4 Å². The molecule has 9 heteroatoms. The fraction of sp³-hybridized carbons (Fsp3) is 0.125. The molecule has 0 aliphatic heterocycles. The van der Waals surface area contributed by atoms with Crippen LogP contribution in [0.15, 0.2) is 71.9 Å². The number of para-hydroxylation sites is 2. The summed E-state index contributed by atoms with van der Waals surface area (Å²) in [5.41, 5.74) is 3.14. The molecule has 4 rings (SSSR count). The Morgan fingerprint density at radius 3 is 2.21 bits per heavy atom. The fourth-order valence-electron chi connectivity index (χ4n) is 3.20. The quantitative estimate of drug-likeness (QED) is 0.332. The van der Waals surface area contributed by atoms with E-state index in [9.17, 15) is 9.59 Å². The van der Waals surface area contributed by atoms with Crippen molar-refractivity contribution in [1.29, 1.82) is 0 Å². The van der Waals surface area contributed by atoms with E-state index in [0.29, 0.717) is 33.6 Å². The number of thioether (sulfide) groups is 1. The maximum Gasteiger partial charge on any atom is 0.255 e. The number of aromatic amines is 1. The Balaban J connectivity index is 1.46. The average Bonchev–Trinajstić information content (AvgIpc) is 3.27. The number of hydrogen-bond donors (Lipinski definition) is 3. The van der Waals surface area contributed by atoms with Crippen molar-refractivity contribution < 1.29 is 19.1 Å². The van der Waals surface area contributed by atoms with Crippen molar-refractivity contribution in [1.82, 2.24) is 9.97 Å². The molecule has 0 saturated carbocycles. The Morgan fingerprint density at radius 1 is 0.909 bits per heavy atom. The summed E-state index contributed by atoms with van der Waals surface area (Å²) in [5.74, 6) is 0.413. The Hall–Kier alpha value is -3.98. The number of fused-ring (bicyclic) bond motifs is 1. The molecule has 0 radical (unpaired) electrons.